The molecule has 0 fully saturated rings. The van der Waals surface area contributed by atoms with Crippen LogP contribution < -0.4 is 9.47 Å². The molecule has 154 valence electrons. The Kier molecular flexibility index (Phi) is 6.80. The first-order valence-electron chi connectivity index (χ1n) is 9.57. The molecule has 0 aliphatic carbocycles. The van der Waals surface area contributed by atoms with Crippen molar-refractivity contribution in [3.8, 4) is 11.5 Å². The summed E-state index contributed by atoms with van der Waals surface area (Å²) in [6, 6.07) is 15.0. The minimum atomic E-state index is -1.45. The fourth-order valence-corrected chi connectivity index (χ4v) is 2.93. The second-order valence-corrected chi connectivity index (χ2v) is 6.66. The number of allylic oxidation sites excluding steroid dienone is 3. The topological polar surface area (TPSA) is 78.9 Å². The Morgan fingerprint density at radius 3 is 2.53 bits per heavy atom. The maximum Gasteiger partial charge on any atom is 0.329 e. The van der Waals surface area contributed by atoms with E-state index in [0.29, 0.717) is 30.3 Å². The van der Waals surface area contributed by atoms with E-state index in [1.807, 2.05) is 37.3 Å². The van der Waals surface area contributed by atoms with Gasteiger partial charge in [-0.3, -0.25) is 14.4 Å². The predicted octanol–water partition coefficient (Wildman–Crippen LogP) is 3.89. The third-order valence-electron chi connectivity index (χ3n) is 4.36. The molecule has 0 saturated heterocycles. The van der Waals surface area contributed by atoms with Gasteiger partial charge in [0.05, 0.1) is 6.61 Å². The molecule has 0 spiro atoms. The number of ketones is 2. The number of esters is 1. The van der Waals surface area contributed by atoms with Crippen LogP contribution in [0.2, 0.25) is 0 Å². The smallest absolute Gasteiger partial charge is 0.329 e. The van der Waals surface area contributed by atoms with Crippen molar-refractivity contribution in [3.63, 3.8) is 0 Å². The zero-order valence-corrected chi connectivity index (χ0v) is 16.8. The third kappa shape index (κ3) is 5.23. The van der Waals surface area contributed by atoms with Crippen molar-refractivity contribution in [2.45, 2.75) is 20.5 Å². The maximum atomic E-state index is 12.3. The van der Waals surface area contributed by atoms with Crippen LogP contribution in [0.3, 0.4) is 0 Å². The van der Waals surface area contributed by atoms with Gasteiger partial charge in [-0.1, -0.05) is 42.5 Å². The summed E-state index contributed by atoms with van der Waals surface area (Å²) >= 11 is 0. The molecule has 1 aliphatic heterocycles. The normalized spacial score (nSPS) is 16.2. The molecule has 2 aromatic carbocycles. The molecule has 30 heavy (non-hydrogen) atoms. The Morgan fingerprint density at radius 2 is 1.83 bits per heavy atom. The van der Waals surface area contributed by atoms with Gasteiger partial charge >= 0.3 is 5.97 Å². The Morgan fingerprint density at radius 1 is 1.07 bits per heavy atom. The van der Waals surface area contributed by atoms with Crippen LogP contribution in [0.25, 0.3) is 6.08 Å². The highest BCUT2D eigenvalue weighted by Gasteiger charge is 2.36. The van der Waals surface area contributed by atoms with Gasteiger partial charge in [-0.15, -0.1) is 0 Å². The van der Waals surface area contributed by atoms with Crippen LogP contribution in [0.5, 0.6) is 11.5 Å². The molecular formula is C24H22O6. The van der Waals surface area contributed by atoms with Gasteiger partial charge in [0.1, 0.15) is 12.4 Å². The molecule has 0 aromatic heterocycles. The van der Waals surface area contributed by atoms with Crippen molar-refractivity contribution in [1.82, 2.24) is 0 Å². The number of hydrogen-bond donors (Lipinski definition) is 0. The summed E-state index contributed by atoms with van der Waals surface area (Å²) in [5.74, 6) is -2.20. The minimum Gasteiger partial charge on any atom is -0.490 e. The molecular weight excluding hydrogens is 384 g/mol. The van der Waals surface area contributed by atoms with Gasteiger partial charge in [-0.25, -0.2) is 0 Å². The monoisotopic (exact) mass is 406 g/mol. The van der Waals surface area contributed by atoms with Gasteiger partial charge in [0.2, 0.25) is 0 Å². The lowest BCUT2D eigenvalue weighted by molar-refractivity contribution is -0.151. The maximum absolute atomic E-state index is 12.3. The van der Waals surface area contributed by atoms with Gasteiger partial charge in [-0.2, -0.15) is 0 Å². The minimum absolute atomic E-state index is 0.186. The molecule has 0 N–H and O–H groups in total. The Hall–Kier alpha value is -3.67. The van der Waals surface area contributed by atoms with Crippen molar-refractivity contribution in [3.05, 3.63) is 77.6 Å². The first-order valence-corrected chi connectivity index (χ1v) is 9.57. The zero-order chi connectivity index (χ0) is 21.5. The lowest BCUT2D eigenvalue weighted by Crippen LogP contribution is -2.34. The molecule has 1 atom stereocenters. The highest BCUT2D eigenvalue weighted by Crippen LogP contribution is 2.30. The molecule has 0 amide bonds. The Labute approximate surface area is 174 Å². The summed E-state index contributed by atoms with van der Waals surface area (Å²) in [6.45, 7) is 4.20. The molecule has 0 radical (unpaired) electrons. The van der Waals surface area contributed by atoms with Crippen LogP contribution in [-0.4, -0.2) is 24.1 Å². The summed E-state index contributed by atoms with van der Waals surface area (Å²) in [7, 11) is 0. The molecule has 1 unspecified atom stereocenters. The number of benzene rings is 2. The van der Waals surface area contributed by atoms with E-state index >= 15 is 0 Å². The number of cyclic esters (lactones) is 1. The fraction of sp³-hybridized carbons (Fsp3) is 0.208. The van der Waals surface area contributed by atoms with Gasteiger partial charge < -0.3 is 14.2 Å². The summed E-state index contributed by atoms with van der Waals surface area (Å²) < 4.78 is 16.4. The van der Waals surface area contributed by atoms with Gasteiger partial charge in [0, 0.05) is 6.08 Å². The van der Waals surface area contributed by atoms with Gasteiger partial charge in [-0.05, 0) is 43.2 Å². The van der Waals surface area contributed by atoms with E-state index in [1.54, 1.807) is 18.2 Å². The summed E-state index contributed by atoms with van der Waals surface area (Å²) in [5, 5.41) is 0. The van der Waals surface area contributed by atoms with Crippen LogP contribution in [0, 0.1) is 5.92 Å². The molecule has 0 bridgehead atoms. The summed E-state index contributed by atoms with van der Waals surface area (Å²) in [5.41, 5.74) is 1.70. The SMILES string of the molecule is CCOc1cc(C=CC(=O)C2C(=O)C=C(C)OC2=O)ccc1OCc1ccccc1. The average Bonchev–Trinajstić information content (AvgIpc) is 2.72. The largest absolute Gasteiger partial charge is 0.490 e. The Bertz CT molecular complexity index is 1000. The van der Waals surface area contributed by atoms with Crippen LogP contribution in [0.15, 0.2) is 66.4 Å². The van der Waals surface area contributed by atoms with E-state index in [2.05, 4.69) is 0 Å². The quantitative estimate of drug-likeness (QED) is 0.376. The highest BCUT2D eigenvalue weighted by molar-refractivity contribution is 6.25. The van der Waals surface area contributed by atoms with E-state index in [4.69, 9.17) is 14.2 Å². The molecule has 1 heterocycles. The standard InChI is InChI=1S/C24H22O6/c1-3-28-22-14-17(10-12-21(22)29-15-18-7-5-4-6-8-18)9-11-19(25)23-20(26)13-16(2)30-24(23)27/h4-14,23H,3,15H2,1-2H3. The molecule has 1 aliphatic rings. The first-order chi connectivity index (χ1) is 14.5. The van der Waals surface area contributed by atoms with Crippen molar-refractivity contribution < 1.29 is 28.6 Å². The average molecular weight is 406 g/mol. The van der Waals surface area contributed by atoms with Crippen molar-refractivity contribution >= 4 is 23.6 Å². The van der Waals surface area contributed by atoms with Crippen molar-refractivity contribution in [2.75, 3.05) is 6.61 Å². The van der Waals surface area contributed by atoms with Gasteiger partial charge in [0.15, 0.2) is 29.0 Å². The summed E-state index contributed by atoms with van der Waals surface area (Å²) in [6.07, 6.45) is 3.88. The number of ether oxygens (including phenoxy) is 3. The number of carbonyl (C=O) groups is 3. The predicted molar refractivity (Wildman–Crippen MR) is 111 cm³/mol. The second kappa shape index (κ2) is 9.69. The van der Waals surface area contributed by atoms with Crippen LogP contribution in [0.1, 0.15) is 25.0 Å². The van der Waals surface area contributed by atoms with E-state index in [0.717, 1.165) is 11.6 Å². The van der Waals surface area contributed by atoms with E-state index < -0.39 is 23.5 Å². The molecule has 6 nitrogen and oxygen atoms in total. The molecule has 2 aromatic rings. The molecule has 6 heteroatoms. The lowest BCUT2D eigenvalue weighted by Gasteiger charge is -2.15. The lowest BCUT2D eigenvalue weighted by atomic mass is 9.96. The van der Waals surface area contributed by atoms with E-state index in [9.17, 15) is 14.4 Å². The fourth-order valence-electron chi connectivity index (χ4n) is 2.93. The molecule has 3 rings (SSSR count). The molecule has 0 saturated carbocycles. The van der Waals surface area contributed by atoms with Crippen LogP contribution in [-0.2, 0) is 25.7 Å². The van der Waals surface area contributed by atoms with Crippen molar-refractivity contribution in [1.29, 1.82) is 0 Å². The highest BCUT2D eigenvalue weighted by atomic mass is 16.5. The summed E-state index contributed by atoms with van der Waals surface area (Å²) in [4.78, 5) is 36.2. The third-order valence-corrected chi connectivity index (χ3v) is 4.36. The van der Waals surface area contributed by atoms with Gasteiger partial charge in [0.25, 0.3) is 0 Å². The van der Waals surface area contributed by atoms with E-state index in [1.165, 1.54) is 19.1 Å². The van der Waals surface area contributed by atoms with Crippen LogP contribution >= 0.6 is 0 Å². The number of carbonyl (C=O) groups excluding carboxylic acids is 3. The Balaban J connectivity index is 1.73. The van der Waals surface area contributed by atoms with Crippen molar-refractivity contribution in [2.24, 2.45) is 5.92 Å². The first kappa shape index (κ1) is 21.0. The second-order valence-electron chi connectivity index (χ2n) is 6.66. The zero-order valence-electron chi connectivity index (χ0n) is 16.8. The van der Waals surface area contributed by atoms with Crippen LogP contribution in [0.4, 0.5) is 0 Å². The number of hydrogen-bond acceptors (Lipinski definition) is 6. The number of rotatable bonds is 8. The van der Waals surface area contributed by atoms with E-state index in [-0.39, 0.29) is 5.76 Å².